The van der Waals surface area contributed by atoms with Gasteiger partial charge in [0.2, 0.25) is 5.78 Å². The molecule has 92 valence electrons. The van der Waals surface area contributed by atoms with Crippen LogP contribution in [0.15, 0.2) is 18.2 Å². The van der Waals surface area contributed by atoms with Gasteiger partial charge in [-0.15, -0.1) is 0 Å². The van der Waals surface area contributed by atoms with Gasteiger partial charge in [-0.25, -0.2) is 4.79 Å². The fourth-order valence-corrected chi connectivity index (χ4v) is 1.55. The second-order valence-electron chi connectivity index (χ2n) is 3.72. The second kappa shape index (κ2) is 6.25. The minimum atomic E-state index is -1.38. The summed E-state index contributed by atoms with van der Waals surface area (Å²) in [6.07, 6.45) is 1.95. The summed E-state index contributed by atoms with van der Waals surface area (Å²) in [5.41, 5.74) is 0.912. The third-order valence-corrected chi connectivity index (χ3v) is 2.69. The normalized spacial score (nSPS) is 10.2. The van der Waals surface area contributed by atoms with Crippen molar-refractivity contribution in [2.45, 2.75) is 25.7 Å². The van der Waals surface area contributed by atoms with Gasteiger partial charge in [-0.3, -0.25) is 4.79 Å². The van der Waals surface area contributed by atoms with Crippen molar-refractivity contribution in [2.24, 2.45) is 0 Å². The molecule has 0 spiro atoms. The number of unbranched alkanes of at least 4 members (excludes halogenated alkanes) is 1. The van der Waals surface area contributed by atoms with E-state index in [2.05, 4.69) is 0 Å². The van der Waals surface area contributed by atoms with E-state index in [4.69, 9.17) is 16.7 Å². The van der Waals surface area contributed by atoms with Crippen molar-refractivity contribution in [1.29, 1.82) is 0 Å². The number of carboxylic acid groups (broad SMARTS) is 1. The molecule has 17 heavy (non-hydrogen) atoms. The summed E-state index contributed by atoms with van der Waals surface area (Å²) in [6.45, 7) is 0. The zero-order valence-corrected chi connectivity index (χ0v) is 9.91. The Bertz CT molecular complexity index is 429. The summed E-state index contributed by atoms with van der Waals surface area (Å²) >= 11 is 5.66. The average Bonchev–Trinajstić information content (AvgIpc) is 2.28. The molecule has 0 aromatic heterocycles. The van der Waals surface area contributed by atoms with Crippen molar-refractivity contribution in [3.05, 3.63) is 28.8 Å². The summed E-state index contributed by atoms with van der Waals surface area (Å²) in [7, 11) is 0. The first-order chi connectivity index (χ1) is 8.00. The van der Waals surface area contributed by atoms with Crippen LogP contribution in [-0.4, -0.2) is 22.0 Å². The Hall–Kier alpha value is -1.55. The summed E-state index contributed by atoms with van der Waals surface area (Å²) in [4.78, 5) is 21.0. The monoisotopic (exact) mass is 256 g/mol. The lowest BCUT2D eigenvalue weighted by molar-refractivity contribution is -0.149. The first kappa shape index (κ1) is 13.5. The predicted molar refractivity (Wildman–Crippen MR) is 63.3 cm³/mol. The van der Waals surface area contributed by atoms with Crippen LogP contribution in [0.2, 0.25) is 5.02 Å². The molecule has 0 bridgehead atoms. The number of benzene rings is 1. The lowest BCUT2D eigenvalue weighted by Gasteiger charge is -2.02. The molecule has 1 aromatic carbocycles. The summed E-state index contributed by atoms with van der Waals surface area (Å²) in [6, 6.07) is 4.97. The predicted octanol–water partition coefficient (Wildman–Crippen LogP) is 2.41. The quantitative estimate of drug-likeness (QED) is 0.605. The van der Waals surface area contributed by atoms with Gasteiger partial charge in [0.1, 0.15) is 5.75 Å². The van der Waals surface area contributed by atoms with Crippen molar-refractivity contribution < 1.29 is 19.8 Å². The van der Waals surface area contributed by atoms with Crippen molar-refractivity contribution >= 4 is 23.4 Å². The number of phenols is 1. The number of carbonyl (C=O) groups is 2. The molecule has 1 rings (SSSR count). The molecular formula is C12H13ClO4. The molecule has 0 atom stereocenters. The van der Waals surface area contributed by atoms with Crippen LogP contribution in [0.1, 0.15) is 24.8 Å². The molecule has 5 heteroatoms. The van der Waals surface area contributed by atoms with E-state index in [1.54, 1.807) is 18.2 Å². The number of ketones is 1. The SMILES string of the molecule is O=C(O)C(=O)CCCCc1ccc(Cl)c(O)c1. The van der Waals surface area contributed by atoms with E-state index in [-0.39, 0.29) is 12.2 Å². The maximum atomic E-state index is 10.8. The Kier molecular flexibility index (Phi) is 4.97. The van der Waals surface area contributed by atoms with E-state index in [1.165, 1.54) is 0 Å². The molecule has 4 nitrogen and oxygen atoms in total. The number of carbonyl (C=O) groups excluding carboxylic acids is 1. The van der Waals surface area contributed by atoms with Crippen LogP contribution < -0.4 is 0 Å². The Morgan fingerprint density at radius 3 is 2.53 bits per heavy atom. The van der Waals surface area contributed by atoms with E-state index in [9.17, 15) is 14.7 Å². The van der Waals surface area contributed by atoms with Gasteiger partial charge in [0, 0.05) is 6.42 Å². The first-order valence-corrected chi connectivity index (χ1v) is 5.62. The van der Waals surface area contributed by atoms with Crippen molar-refractivity contribution in [2.75, 3.05) is 0 Å². The van der Waals surface area contributed by atoms with Crippen LogP contribution in [0, 0.1) is 0 Å². The number of hydrogen-bond donors (Lipinski definition) is 2. The fraction of sp³-hybridized carbons (Fsp3) is 0.333. The van der Waals surface area contributed by atoms with Gasteiger partial charge in [-0.05, 0) is 37.0 Å². The van der Waals surface area contributed by atoms with E-state index in [1.807, 2.05) is 0 Å². The van der Waals surface area contributed by atoms with Crippen molar-refractivity contribution in [3.8, 4) is 5.75 Å². The van der Waals surface area contributed by atoms with Crippen molar-refractivity contribution in [1.82, 2.24) is 0 Å². The highest BCUT2D eigenvalue weighted by atomic mass is 35.5. The smallest absolute Gasteiger partial charge is 0.372 e. The number of halogens is 1. The minimum Gasteiger partial charge on any atom is -0.506 e. The molecule has 0 radical (unpaired) electrons. The molecule has 0 aliphatic rings. The van der Waals surface area contributed by atoms with Crippen LogP contribution >= 0.6 is 11.6 Å². The van der Waals surface area contributed by atoms with Crippen LogP contribution in [0.3, 0.4) is 0 Å². The molecular weight excluding hydrogens is 244 g/mol. The zero-order chi connectivity index (χ0) is 12.8. The highest BCUT2D eigenvalue weighted by Crippen LogP contribution is 2.24. The van der Waals surface area contributed by atoms with Crippen LogP contribution in [0.25, 0.3) is 0 Å². The molecule has 0 heterocycles. The van der Waals surface area contributed by atoms with Gasteiger partial charge in [0.15, 0.2) is 0 Å². The second-order valence-corrected chi connectivity index (χ2v) is 4.13. The lowest BCUT2D eigenvalue weighted by atomic mass is 10.1. The van der Waals surface area contributed by atoms with E-state index < -0.39 is 11.8 Å². The van der Waals surface area contributed by atoms with E-state index in [0.29, 0.717) is 24.3 Å². The largest absolute Gasteiger partial charge is 0.506 e. The Labute approximate surface area is 104 Å². The van der Waals surface area contributed by atoms with E-state index in [0.717, 1.165) is 5.56 Å². The third-order valence-electron chi connectivity index (χ3n) is 2.37. The summed E-state index contributed by atoms with van der Waals surface area (Å²) in [5, 5.41) is 18.0. The number of aromatic hydroxyl groups is 1. The Morgan fingerprint density at radius 1 is 1.24 bits per heavy atom. The van der Waals surface area contributed by atoms with Crippen molar-refractivity contribution in [3.63, 3.8) is 0 Å². The number of carboxylic acids is 1. The zero-order valence-electron chi connectivity index (χ0n) is 9.15. The summed E-state index contributed by atoms with van der Waals surface area (Å²) in [5.74, 6) is -2.11. The van der Waals surface area contributed by atoms with Gasteiger partial charge >= 0.3 is 5.97 Å². The number of hydrogen-bond acceptors (Lipinski definition) is 3. The van der Waals surface area contributed by atoms with Gasteiger partial charge in [0.25, 0.3) is 0 Å². The lowest BCUT2D eigenvalue weighted by Crippen LogP contribution is -2.11. The molecule has 0 saturated heterocycles. The highest BCUT2D eigenvalue weighted by Gasteiger charge is 2.10. The minimum absolute atomic E-state index is 0.0331. The molecule has 0 aliphatic heterocycles. The molecule has 0 aliphatic carbocycles. The molecule has 0 saturated carbocycles. The van der Waals surface area contributed by atoms with Gasteiger partial charge < -0.3 is 10.2 Å². The number of aliphatic carboxylic acids is 1. The molecule has 0 fully saturated rings. The van der Waals surface area contributed by atoms with Crippen LogP contribution in [0.4, 0.5) is 0 Å². The average molecular weight is 257 g/mol. The third kappa shape index (κ3) is 4.44. The molecule has 0 unspecified atom stereocenters. The van der Waals surface area contributed by atoms with Gasteiger partial charge in [-0.2, -0.15) is 0 Å². The number of phenolic OH excluding ortho intramolecular Hbond substituents is 1. The molecule has 1 aromatic rings. The van der Waals surface area contributed by atoms with E-state index >= 15 is 0 Å². The number of aryl methyl sites for hydroxylation is 1. The molecule has 2 N–H and O–H groups in total. The number of rotatable bonds is 6. The Balaban J connectivity index is 2.34. The maximum Gasteiger partial charge on any atom is 0.372 e. The standard InChI is InChI=1S/C12H13ClO4/c13-9-6-5-8(7-11(9)15)3-1-2-4-10(14)12(16)17/h5-7,15H,1-4H2,(H,16,17). The van der Waals surface area contributed by atoms with Crippen LogP contribution in [-0.2, 0) is 16.0 Å². The molecule has 0 amide bonds. The first-order valence-electron chi connectivity index (χ1n) is 5.24. The van der Waals surface area contributed by atoms with Gasteiger partial charge in [0.05, 0.1) is 5.02 Å². The topological polar surface area (TPSA) is 74.6 Å². The highest BCUT2D eigenvalue weighted by molar-refractivity contribution is 6.32. The Morgan fingerprint density at radius 2 is 1.94 bits per heavy atom. The van der Waals surface area contributed by atoms with Gasteiger partial charge in [-0.1, -0.05) is 17.7 Å². The fourth-order valence-electron chi connectivity index (χ4n) is 1.44. The number of Topliss-reactive ketones (excluding diaryl/α,β-unsaturated/α-hetero) is 1. The maximum absolute atomic E-state index is 10.8. The van der Waals surface area contributed by atoms with Crippen LogP contribution in [0.5, 0.6) is 5.75 Å². The summed E-state index contributed by atoms with van der Waals surface area (Å²) < 4.78 is 0.